The van der Waals surface area contributed by atoms with Crippen LogP contribution in [0.3, 0.4) is 0 Å². The highest BCUT2D eigenvalue weighted by atomic mass is 32.2. The van der Waals surface area contributed by atoms with Crippen LogP contribution in [0.2, 0.25) is 0 Å². The van der Waals surface area contributed by atoms with Crippen LogP contribution in [-0.4, -0.2) is 51.1 Å². The molecule has 0 saturated carbocycles. The second-order valence-corrected chi connectivity index (χ2v) is 15.3. The van der Waals surface area contributed by atoms with Crippen LogP contribution in [0.4, 0.5) is 5.69 Å². The first-order chi connectivity index (χ1) is 20.5. The van der Waals surface area contributed by atoms with Crippen LogP contribution in [-0.2, 0) is 26.8 Å². The molecule has 0 aliphatic carbocycles. The summed E-state index contributed by atoms with van der Waals surface area (Å²) in [5, 5.41) is 3.98. The summed E-state index contributed by atoms with van der Waals surface area (Å²) in [5.41, 5.74) is 2.93. The van der Waals surface area contributed by atoms with Gasteiger partial charge in [-0.25, -0.2) is 8.42 Å². The van der Waals surface area contributed by atoms with Gasteiger partial charge in [0.05, 0.1) is 39.1 Å². The van der Waals surface area contributed by atoms with Crippen molar-refractivity contribution in [3.63, 3.8) is 0 Å². The Morgan fingerprint density at radius 1 is 1.07 bits per heavy atom. The zero-order chi connectivity index (χ0) is 30.8. The number of hydrogen-bond donors (Lipinski definition) is 1. The first kappa shape index (κ1) is 31.5. The SMILES string of the molecule is CCC(/C=C1\Sc2ccc(OC)cc2N1CCCS(=O)(=O)O)=C\c1sc2ccc3ccccc3c2[n+]1CCCS(=O)(=O)[O-]. The summed E-state index contributed by atoms with van der Waals surface area (Å²) in [6.45, 7) is 2.81. The quantitative estimate of drug-likeness (QED) is 0.148. The lowest BCUT2D eigenvalue weighted by molar-refractivity contribution is -0.667. The van der Waals surface area contributed by atoms with E-state index in [4.69, 9.17) is 4.74 Å². The van der Waals surface area contributed by atoms with E-state index in [2.05, 4.69) is 35.8 Å². The maximum Gasteiger partial charge on any atom is 0.264 e. The van der Waals surface area contributed by atoms with Crippen LogP contribution in [0.25, 0.3) is 27.1 Å². The number of ether oxygens (including phenoxy) is 1. The van der Waals surface area contributed by atoms with E-state index in [0.29, 0.717) is 25.3 Å². The predicted molar refractivity (Wildman–Crippen MR) is 172 cm³/mol. The Morgan fingerprint density at radius 3 is 2.58 bits per heavy atom. The van der Waals surface area contributed by atoms with Gasteiger partial charge in [0.1, 0.15) is 10.4 Å². The molecule has 1 N–H and O–H groups in total. The van der Waals surface area contributed by atoms with Crippen molar-refractivity contribution >= 4 is 76.1 Å². The molecule has 1 aliphatic rings. The van der Waals surface area contributed by atoms with Crippen molar-refractivity contribution < 1.29 is 35.2 Å². The lowest BCUT2D eigenvalue weighted by atomic mass is 10.1. The van der Waals surface area contributed by atoms with Crippen LogP contribution in [0.15, 0.2) is 76.2 Å². The first-order valence-corrected chi connectivity index (χ1v) is 18.6. The van der Waals surface area contributed by atoms with Gasteiger partial charge in [-0.3, -0.25) is 4.55 Å². The Labute approximate surface area is 260 Å². The number of hydrogen-bond acceptors (Lipinski definition) is 9. The summed E-state index contributed by atoms with van der Waals surface area (Å²) in [6.07, 6.45) is 5.32. The maximum absolute atomic E-state index is 11.4. The number of thiazole rings is 1. The summed E-state index contributed by atoms with van der Waals surface area (Å²) < 4.78 is 74.9. The van der Waals surface area contributed by atoms with Gasteiger partial charge in [0.2, 0.25) is 5.52 Å². The van der Waals surface area contributed by atoms with E-state index in [9.17, 15) is 25.9 Å². The normalized spacial score (nSPS) is 15.1. The number of anilines is 1. The van der Waals surface area contributed by atoms with Crippen LogP contribution in [0.5, 0.6) is 5.75 Å². The molecular formula is C30H32N2O7S4. The molecule has 5 rings (SSSR count). The molecule has 2 heterocycles. The minimum absolute atomic E-state index is 0.198. The number of fused-ring (bicyclic) bond motifs is 4. The number of nitrogens with zero attached hydrogens (tertiary/aromatic N) is 2. The highest BCUT2D eigenvalue weighted by molar-refractivity contribution is 8.03. The lowest BCUT2D eigenvalue weighted by Gasteiger charge is -2.21. The van der Waals surface area contributed by atoms with Gasteiger partial charge in [0.25, 0.3) is 15.1 Å². The van der Waals surface area contributed by atoms with Crippen molar-refractivity contribution in [2.45, 2.75) is 37.6 Å². The van der Waals surface area contributed by atoms with Crippen molar-refractivity contribution in [3.05, 3.63) is 76.3 Å². The predicted octanol–water partition coefficient (Wildman–Crippen LogP) is 5.81. The van der Waals surface area contributed by atoms with E-state index in [1.807, 2.05) is 47.4 Å². The molecule has 13 heteroatoms. The molecule has 0 fully saturated rings. The van der Waals surface area contributed by atoms with Gasteiger partial charge < -0.3 is 14.2 Å². The average Bonchev–Trinajstić information content (AvgIpc) is 3.48. The Balaban J connectivity index is 1.57. The third kappa shape index (κ3) is 7.59. The lowest BCUT2D eigenvalue weighted by Crippen LogP contribution is -2.36. The molecule has 0 spiro atoms. The van der Waals surface area contributed by atoms with Gasteiger partial charge in [-0.1, -0.05) is 54.3 Å². The molecular weight excluding hydrogens is 629 g/mol. The number of rotatable bonds is 12. The number of aryl methyl sites for hydroxylation is 1. The third-order valence-electron chi connectivity index (χ3n) is 7.14. The topological polar surface area (TPSA) is 128 Å². The number of benzene rings is 3. The first-order valence-electron chi connectivity index (χ1n) is 13.7. The number of aromatic nitrogens is 1. The molecule has 3 aromatic carbocycles. The Bertz CT molecular complexity index is 1950. The molecule has 0 amide bonds. The fraction of sp³-hybridized carbons (Fsp3) is 0.300. The highest BCUT2D eigenvalue weighted by Gasteiger charge is 2.27. The van der Waals surface area contributed by atoms with Crippen LogP contribution >= 0.6 is 23.1 Å². The minimum Gasteiger partial charge on any atom is -0.748 e. The van der Waals surface area contributed by atoms with E-state index in [1.54, 1.807) is 30.2 Å². The van der Waals surface area contributed by atoms with Crippen LogP contribution in [0.1, 0.15) is 31.2 Å². The van der Waals surface area contributed by atoms with Gasteiger partial charge in [0, 0.05) is 35.8 Å². The molecule has 4 aromatic rings. The average molecular weight is 661 g/mol. The monoisotopic (exact) mass is 660 g/mol. The van der Waals surface area contributed by atoms with Gasteiger partial charge in [-0.2, -0.15) is 13.0 Å². The molecule has 43 heavy (non-hydrogen) atoms. The van der Waals surface area contributed by atoms with Crippen molar-refractivity contribution in [3.8, 4) is 5.75 Å². The van der Waals surface area contributed by atoms with Gasteiger partial charge in [-0.15, -0.1) is 0 Å². The molecule has 0 atom stereocenters. The molecule has 0 bridgehead atoms. The summed E-state index contributed by atoms with van der Waals surface area (Å²) in [4.78, 5) is 3.06. The Kier molecular flexibility index (Phi) is 9.49. The van der Waals surface area contributed by atoms with E-state index in [0.717, 1.165) is 47.2 Å². The zero-order valence-corrected chi connectivity index (χ0v) is 27.0. The fourth-order valence-corrected chi connectivity index (χ4v) is 8.42. The van der Waals surface area contributed by atoms with E-state index in [-0.39, 0.29) is 18.6 Å². The summed E-state index contributed by atoms with van der Waals surface area (Å²) in [5.74, 6) is -0.0935. The molecule has 9 nitrogen and oxygen atoms in total. The Hall–Kier alpha value is -2.94. The number of thioether (sulfide) groups is 1. The molecule has 0 unspecified atom stereocenters. The second kappa shape index (κ2) is 13.0. The van der Waals surface area contributed by atoms with Crippen molar-refractivity contribution in [1.82, 2.24) is 0 Å². The van der Waals surface area contributed by atoms with Crippen molar-refractivity contribution in [2.24, 2.45) is 0 Å². The van der Waals surface area contributed by atoms with E-state index < -0.39 is 26.0 Å². The van der Waals surface area contributed by atoms with Crippen molar-refractivity contribution in [2.75, 3.05) is 30.1 Å². The zero-order valence-electron chi connectivity index (χ0n) is 23.7. The number of allylic oxidation sites excluding steroid dienone is 2. The second-order valence-electron chi connectivity index (χ2n) is 10.1. The Morgan fingerprint density at radius 2 is 1.86 bits per heavy atom. The standard InChI is InChI=1S/C30H32N2O7S4/c1-3-21(18-28-31(14-6-16-42(33,34)35)25-20-23(39-2)11-13-26(25)40-28)19-29-32(15-7-17-43(36,37)38)30-24-9-5-4-8-22(24)10-12-27(30)41-29/h4-5,8-13,18-20H,3,6-7,14-17H2,1-2H3,(H-,33,34,35,36,37,38). The third-order valence-corrected chi connectivity index (χ3v) is 10.9. The summed E-state index contributed by atoms with van der Waals surface area (Å²) in [7, 11) is -6.83. The molecule has 0 saturated heterocycles. The van der Waals surface area contributed by atoms with E-state index in [1.165, 1.54) is 0 Å². The molecule has 0 radical (unpaired) electrons. The van der Waals surface area contributed by atoms with Crippen molar-refractivity contribution in [1.29, 1.82) is 0 Å². The highest BCUT2D eigenvalue weighted by Crippen LogP contribution is 2.48. The van der Waals surface area contributed by atoms with Gasteiger partial charge in [0.15, 0.2) is 6.54 Å². The number of methoxy groups -OCH3 is 1. The molecule has 228 valence electrons. The largest absolute Gasteiger partial charge is 0.748 e. The van der Waals surface area contributed by atoms with E-state index >= 15 is 0 Å². The summed E-state index contributed by atoms with van der Waals surface area (Å²) >= 11 is 3.18. The van der Waals surface area contributed by atoms with Crippen LogP contribution in [0, 0.1) is 0 Å². The minimum atomic E-state index is -4.34. The van der Waals surface area contributed by atoms with Crippen LogP contribution < -0.4 is 14.2 Å². The molecule has 1 aliphatic heterocycles. The smallest absolute Gasteiger partial charge is 0.264 e. The maximum atomic E-state index is 11.4. The fourth-order valence-electron chi connectivity index (χ4n) is 5.12. The molecule has 1 aromatic heterocycles. The summed E-state index contributed by atoms with van der Waals surface area (Å²) in [6, 6.07) is 18.0. The van der Waals surface area contributed by atoms with Gasteiger partial charge in [-0.05, 0) is 54.1 Å². The van der Waals surface area contributed by atoms with Gasteiger partial charge >= 0.3 is 0 Å².